The van der Waals surface area contributed by atoms with E-state index in [1.54, 1.807) is 0 Å². The van der Waals surface area contributed by atoms with Gasteiger partial charge in [-0.25, -0.2) is 0 Å². The molecule has 0 fully saturated rings. The third-order valence-corrected chi connectivity index (χ3v) is 3.97. The highest BCUT2D eigenvalue weighted by atomic mass is 16.6. The summed E-state index contributed by atoms with van der Waals surface area (Å²) in [6.45, 7) is 11.7. The predicted octanol–water partition coefficient (Wildman–Crippen LogP) is 0.512. The zero-order valence-corrected chi connectivity index (χ0v) is 19.4. The van der Waals surface area contributed by atoms with Crippen LogP contribution in [0.15, 0.2) is 0 Å². The highest BCUT2D eigenvalue weighted by molar-refractivity contribution is 5.86. The van der Waals surface area contributed by atoms with E-state index in [-0.39, 0.29) is 24.9 Å². The number of carbonyl (C=O) groups excluding carboxylic acids is 2. The minimum absolute atomic E-state index is 0.0563. The fraction of sp³-hybridized carbons (Fsp3) is 0.905. The number of primary amides is 1. The molecule has 0 aliphatic rings. The molecule has 0 aromatic rings. The average molecular weight is 451 g/mol. The summed E-state index contributed by atoms with van der Waals surface area (Å²) >= 11 is 0. The van der Waals surface area contributed by atoms with E-state index in [2.05, 4.69) is 12.2 Å². The Morgan fingerprint density at radius 2 is 1.03 bits per heavy atom. The lowest BCUT2D eigenvalue weighted by Crippen LogP contribution is -2.47. The highest BCUT2D eigenvalue weighted by Crippen LogP contribution is 2.01. The first-order valence-corrected chi connectivity index (χ1v) is 11.0. The molecule has 184 valence electrons. The van der Waals surface area contributed by atoms with Crippen LogP contribution in [0.3, 0.4) is 0 Å². The third-order valence-electron chi connectivity index (χ3n) is 3.97. The molecule has 3 N–H and O–H groups in total. The quantitative estimate of drug-likeness (QED) is 0.216. The molecule has 0 heterocycles. The predicted molar refractivity (Wildman–Crippen MR) is 116 cm³/mol. The summed E-state index contributed by atoms with van der Waals surface area (Å²) in [6.07, 6.45) is 1.18. The van der Waals surface area contributed by atoms with Crippen LogP contribution < -0.4 is 11.1 Å². The van der Waals surface area contributed by atoms with Crippen molar-refractivity contribution in [2.75, 3.05) is 79.3 Å². The zero-order chi connectivity index (χ0) is 23.2. The van der Waals surface area contributed by atoms with Crippen LogP contribution in [-0.2, 0) is 38.0 Å². The van der Waals surface area contributed by atoms with Crippen LogP contribution >= 0.6 is 0 Å². The summed E-state index contributed by atoms with van der Waals surface area (Å²) < 4.78 is 32.2. The Hall–Kier alpha value is -1.30. The van der Waals surface area contributed by atoms with E-state index in [0.29, 0.717) is 66.1 Å². The number of hydrogen-bond donors (Lipinski definition) is 2. The van der Waals surface area contributed by atoms with Gasteiger partial charge in [-0.2, -0.15) is 0 Å². The summed E-state index contributed by atoms with van der Waals surface area (Å²) in [5.41, 5.74) is 5.26. The van der Waals surface area contributed by atoms with Gasteiger partial charge in [0, 0.05) is 13.0 Å². The van der Waals surface area contributed by atoms with E-state index < -0.39 is 11.9 Å². The van der Waals surface area contributed by atoms with Gasteiger partial charge >= 0.3 is 0 Å². The minimum atomic E-state index is -0.662. The maximum atomic E-state index is 11.8. The Labute approximate surface area is 186 Å². The summed E-state index contributed by atoms with van der Waals surface area (Å²) in [6, 6.07) is -0.662. The number of hydrogen-bond acceptors (Lipinski definition) is 8. The van der Waals surface area contributed by atoms with E-state index in [9.17, 15) is 9.59 Å². The van der Waals surface area contributed by atoms with Gasteiger partial charge in [0.1, 0.15) is 6.04 Å². The highest BCUT2D eigenvalue weighted by Gasteiger charge is 2.21. The first-order chi connectivity index (χ1) is 15.0. The van der Waals surface area contributed by atoms with Gasteiger partial charge in [0.15, 0.2) is 0 Å². The molecule has 0 rings (SSSR count). The molecule has 0 aromatic heterocycles. The lowest BCUT2D eigenvalue weighted by atomic mass is 10.0. The van der Waals surface area contributed by atoms with Crippen molar-refractivity contribution in [1.29, 1.82) is 0 Å². The second-order valence-electron chi connectivity index (χ2n) is 7.12. The topological polar surface area (TPSA) is 128 Å². The fourth-order valence-corrected chi connectivity index (χ4v) is 2.32. The first kappa shape index (κ1) is 29.7. The van der Waals surface area contributed by atoms with Crippen LogP contribution in [0, 0.1) is 5.92 Å². The molecule has 0 unspecified atom stereocenters. The van der Waals surface area contributed by atoms with Gasteiger partial charge in [-0.1, -0.05) is 20.8 Å². The van der Waals surface area contributed by atoms with Crippen LogP contribution in [-0.4, -0.2) is 97.1 Å². The third kappa shape index (κ3) is 20.4. The SMILES string of the molecule is CCCOCCOCCOCCOCCOCCOCCC(=O)N[C@H](C(N)=O)C(C)C. The normalized spacial score (nSPS) is 12.3. The van der Waals surface area contributed by atoms with E-state index >= 15 is 0 Å². The lowest BCUT2D eigenvalue weighted by Gasteiger charge is -2.18. The van der Waals surface area contributed by atoms with Crippen molar-refractivity contribution in [2.45, 2.75) is 39.7 Å². The van der Waals surface area contributed by atoms with Gasteiger partial charge in [0.2, 0.25) is 11.8 Å². The molecule has 0 saturated heterocycles. The molecule has 0 bridgehead atoms. The Kier molecular flexibility index (Phi) is 21.0. The monoisotopic (exact) mass is 450 g/mol. The van der Waals surface area contributed by atoms with Gasteiger partial charge in [0.25, 0.3) is 0 Å². The molecule has 0 radical (unpaired) electrons. The molecule has 1 atom stereocenters. The number of nitrogens with two attached hydrogens (primary N) is 1. The van der Waals surface area contributed by atoms with Crippen molar-refractivity contribution in [2.24, 2.45) is 11.7 Å². The molecule has 2 amide bonds. The van der Waals surface area contributed by atoms with Gasteiger partial charge in [-0.05, 0) is 12.3 Å². The number of nitrogens with one attached hydrogen (secondary N) is 1. The average Bonchev–Trinajstić information content (AvgIpc) is 2.73. The second kappa shape index (κ2) is 21.9. The maximum Gasteiger partial charge on any atom is 0.240 e. The standard InChI is InChI=1S/C21H42N2O8/c1-4-6-26-8-10-28-12-14-30-16-17-31-15-13-29-11-9-27-7-5-19(24)23-20(18(2)3)21(22)25/h18,20H,4-17H2,1-3H3,(H2,22,25)(H,23,24)/t20-/m0/s1. The molecule has 10 heteroatoms. The minimum Gasteiger partial charge on any atom is -0.379 e. The number of amides is 2. The molecular formula is C21H42N2O8. The fourth-order valence-electron chi connectivity index (χ4n) is 2.32. The van der Waals surface area contributed by atoms with Gasteiger partial charge in [-0.15, -0.1) is 0 Å². The van der Waals surface area contributed by atoms with Crippen molar-refractivity contribution < 1.29 is 38.0 Å². The maximum absolute atomic E-state index is 11.8. The van der Waals surface area contributed by atoms with Crippen molar-refractivity contribution in [3.63, 3.8) is 0 Å². The number of carbonyl (C=O) groups is 2. The lowest BCUT2D eigenvalue weighted by molar-refractivity contribution is -0.129. The number of ether oxygens (including phenoxy) is 6. The van der Waals surface area contributed by atoms with Gasteiger partial charge in [-0.3, -0.25) is 9.59 Å². The second-order valence-corrected chi connectivity index (χ2v) is 7.12. The Balaban J connectivity index is 3.28. The summed E-state index contributed by atoms with van der Waals surface area (Å²) in [5, 5.41) is 2.61. The van der Waals surface area contributed by atoms with Gasteiger partial charge < -0.3 is 39.5 Å². The molecule has 0 aliphatic carbocycles. The van der Waals surface area contributed by atoms with Crippen molar-refractivity contribution in [1.82, 2.24) is 5.32 Å². The van der Waals surface area contributed by atoms with Crippen LogP contribution in [0.4, 0.5) is 0 Å². The zero-order valence-electron chi connectivity index (χ0n) is 19.4. The molecule has 0 aromatic carbocycles. The van der Waals surface area contributed by atoms with Gasteiger partial charge in [0.05, 0.1) is 72.7 Å². The molecule has 0 saturated carbocycles. The van der Waals surface area contributed by atoms with Crippen LogP contribution in [0.25, 0.3) is 0 Å². The summed E-state index contributed by atoms with van der Waals surface area (Å²) in [4.78, 5) is 23.0. The Morgan fingerprint density at radius 1 is 0.677 bits per heavy atom. The molecule has 10 nitrogen and oxygen atoms in total. The molecule has 31 heavy (non-hydrogen) atoms. The largest absolute Gasteiger partial charge is 0.379 e. The smallest absolute Gasteiger partial charge is 0.240 e. The molecular weight excluding hydrogens is 408 g/mol. The molecule has 0 spiro atoms. The first-order valence-electron chi connectivity index (χ1n) is 11.0. The van der Waals surface area contributed by atoms with Crippen molar-refractivity contribution >= 4 is 11.8 Å². The Bertz CT molecular complexity index is 438. The van der Waals surface area contributed by atoms with E-state index in [4.69, 9.17) is 34.2 Å². The van der Waals surface area contributed by atoms with Crippen LogP contribution in [0.1, 0.15) is 33.6 Å². The Morgan fingerprint density at radius 3 is 1.35 bits per heavy atom. The van der Waals surface area contributed by atoms with E-state index in [1.165, 1.54) is 0 Å². The van der Waals surface area contributed by atoms with Crippen molar-refractivity contribution in [3.05, 3.63) is 0 Å². The van der Waals surface area contributed by atoms with E-state index in [1.807, 2.05) is 13.8 Å². The summed E-state index contributed by atoms with van der Waals surface area (Å²) in [5.74, 6) is -0.857. The van der Waals surface area contributed by atoms with Crippen LogP contribution in [0.2, 0.25) is 0 Å². The number of rotatable bonds is 23. The van der Waals surface area contributed by atoms with E-state index in [0.717, 1.165) is 13.0 Å². The summed E-state index contributed by atoms with van der Waals surface area (Å²) in [7, 11) is 0. The van der Waals surface area contributed by atoms with Crippen LogP contribution in [0.5, 0.6) is 0 Å². The van der Waals surface area contributed by atoms with Crippen molar-refractivity contribution in [3.8, 4) is 0 Å². The molecule has 0 aliphatic heterocycles.